The third-order valence-electron chi connectivity index (χ3n) is 9.51. The predicted molar refractivity (Wildman–Crippen MR) is 103 cm³/mol. The van der Waals surface area contributed by atoms with Crippen LogP contribution in [0.5, 0.6) is 0 Å². The fourth-order valence-electron chi connectivity index (χ4n) is 8.12. The molecule has 2 N–H and O–H groups in total. The Bertz CT molecular complexity index is 659. The first-order chi connectivity index (χ1) is 12.6. The average molecular weight is 377 g/mol. The molecule has 5 aliphatic rings. The van der Waals surface area contributed by atoms with Gasteiger partial charge in [0.1, 0.15) is 0 Å². The highest BCUT2D eigenvalue weighted by Gasteiger charge is 2.68. The quantitative estimate of drug-likeness (QED) is 0.634. The monoisotopic (exact) mass is 376 g/mol. The highest BCUT2D eigenvalue weighted by molar-refractivity contribution is 5.24. The summed E-state index contributed by atoms with van der Waals surface area (Å²) in [6.45, 7) is 13.3. The van der Waals surface area contributed by atoms with Crippen molar-refractivity contribution >= 4 is 0 Å². The molecule has 0 amide bonds. The van der Waals surface area contributed by atoms with Crippen molar-refractivity contribution in [2.24, 2.45) is 34.5 Å². The normalized spacial score (nSPS) is 59.0. The Balaban J connectivity index is 1.60. The zero-order chi connectivity index (χ0) is 19.4. The van der Waals surface area contributed by atoms with Crippen molar-refractivity contribution in [1.82, 2.24) is 0 Å². The Morgan fingerprint density at radius 1 is 0.926 bits per heavy atom. The van der Waals surface area contributed by atoms with Gasteiger partial charge in [0, 0.05) is 0 Å². The summed E-state index contributed by atoms with van der Waals surface area (Å²) < 4.78 is 13.1. The van der Waals surface area contributed by atoms with Gasteiger partial charge in [-0.1, -0.05) is 26.0 Å². The molecule has 1 saturated heterocycles. The number of allylic oxidation sites excluding steroid dienone is 1. The SMILES string of the molecule is C=C1CCC2C3C(CCC12C)[C@@]1(C)C[C@@H](O)[C@@H](O)CC1[C@H]1OC(C)(C)O[C@H]31. The van der Waals surface area contributed by atoms with Crippen LogP contribution in [-0.4, -0.2) is 40.4 Å². The van der Waals surface area contributed by atoms with Gasteiger partial charge in [0.05, 0.1) is 24.4 Å². The number of aliphatic hydroxyl groups is 2. The minimum Gasteiger partial charge on any atom is -0.390 e. The summed E-state index contributed by atoms with van der Waals surface area (Å²) in [6, 6.07) is 0. The van der Waals surface area contributed by atoms with Gasteiger partial charge >= 0.3 is 0 Å². The molecule has 0 aromatic carbocycles. The van der Waals surface area contributed by atoms with Crippen molar-refractivity contribution < 1.29 is 19.7 Å². The number of aliphatic hydroxyl groups excluding tert-OH is 2. The molecular weight excluding hydrogens is 340 g/mol. The zero-order valence-electron chi connectivity index (χ0n) is 17.3. The molecule has 0 bridgehead atoms. The van der Waals surface area contributed by atoms with E-state index in [0.717, 1.165) is 6.42 Å². The summed E-state index contributed by atoms with van der Waals surface area (Å²) >= 11 is 0. The summed E-state index contributed by atoms with van der Waals surface area (Å²) in [5, 5.41) is 21.0. The summed E-state index contributed by atoms with van der Waals surface area (Å²) in [5.41, 5.74) is 1.64. The maximum Gasteiger partial charge on any atom is 0.163 e. The zero-order valence-corrected chi connectivity index (χ0v) is 17.3. The Morgan fingerprint density at radius 2 is 1.63 bits per heavy atom. The van der Waals surface area contributed by atoms with Gasteiger partial charge in [-0.05, 0) is 86.9 Å². The lowest BCUT2D eigenvalue weighted by Crippen LogP contribution is -2.64. The molecule has 27 heavy (non-hydrogen) atoms. The van der Waals surface area contributed by atoms with E-state index in [-0.39, 0.29) is 29.0 Å². The van der Waals surface area contributed by atoms with Gasteiger partial charge in [0.25, 0.3) is 0 Å². The second-order valence-corrected chi connectivity index (χ2v) is 11.1. The number of hydrogen-bond donors (Lipinski definition) is 2. The fraction of sp³-hybridized carbons (Fsp3) is 0.913. The second kappa shape index (κ2) is 5.59. The van der Waals surface area contributed by atoms with E-state index in [1.807, 2.05) is 13.8 Å². The van der Waals surface area contributed by atoms with E-state index in [4.69, 9.17) is 9.47 Å². The molecule has 1 heterocycles. The van der Waals surface area contributed by atoms with Crippen LogP contribution in [0.15, 0.2) is 12.2 Å². The van der Waals surface area contributed by atoms with Crippen molar-refractivity contribution in [3.8, 4) is 0 Å². The third-order valence-corrected chi connectivity index (χ3v) is 9.51. The van der Waals surface area contributed by atoms with Gasteiger partial charge in [-0.25, -0.2) is 0 Å². The number of hydrogen-bond acceptors (Lipinski definition) is 4. The largest absolute Gasteiger partial charge is 0.390 e. The molecule has 0 spiro atoms. The lowest BCUT2D eigenvalue weighted by atomic mass is 9.43. The summed E-state index contributed by atoms with van der Waals surface area (Å²) in [6.07, 6.45) is 4.85. The molecule has 152 valence electrons. The first-order valence-corrected chi connectivity index (χ1v) is 11.0. The van der Waals surface area contributed by atoms with Crippen molar-refractivity contribution in [1.29, 1.82) is 0 Å². The fourth-order valence-corrected chi connectivity index (χ4v) is 8.12. The van der Waals surface area contributed by atoms with E-state index in [1.54, 1.807) is 0 Å². The van der Waals surface area contributed by atoms with E-state index in [9.17, 15) is 10.2 Å². The van der Waals surface area contributed by atoms with Crippen LogP contribution < -0.4 is 0 Å². The average Bonchev–Trinajstić information content (AvgIpc) is 3.06. The van der Waals surface area contributed by atoms with Gasteiger partial charge in [0.2, 0.25) is 0 Å². The van der Waals surface area contributed by atoms with Crippen LogP contribution >= 0.6 is 0 Å². The topological polar surface area (TPSA) is 58.9 Å². The first-order valence-electron chi connectivity index (χ1n) is 11.0. The van der Waals surface area contributed by atoms with E-state index < -0.39 is 18.0 Å². The number of rotatable bonds is 0. The first kappa shape index (κ1) is 18.6. The molecule has 5 rings (SSSR count). The van der Waals surface area contributed by atoms with Gasteiger partial charge < -0.3 is 19.7 Å². The smallest absolute Gasteiger partial charge is 0.163 e. The van der Waals surface area contributed by atoms with Crippen LogP contribution in [0.4, 0.5) is 0 Å². The van der Waals surface area contributed by atoms with Crippen LogP contribution in [0.3, 0.4) is 0 Å². The molecule has 0 aromatic rings. The van der Waals surface area contributed by atoms with Crippen LogP contribution in [-0.2, 0) is 9.47 Å². The lowest BCUT2D eigenvalue weighted by molar-refractivity contribution is -0.204. The Labute approximate surface area is 163 Å². The third kappa shape index (κ3) is 2.36. The van der Waals surface area contributed by atoms with Gasteiger partial charge in [-0.2, -0.15) is 0 Å². The van der Waals surface area contributed by atoms with E-state index in [2.05, 4.69) is 20.4 Å². The molecule has 4 saturated carbocycles. The molecule has 0 aromatic heterocycles. The Morgan fingerprint density at radius 3 is 2.37 bits per heavy atom. The van der Waals surface area contributed by atoms with Crippen molar-refractivity contribution in [2.45, 2.75) is 96.4 Å². The molecule has 4 aliphatic carbocycles. The minimum absolute atomic E-state index is 0.000483. The van der Waals surface area contributed by atoms with E-state index in [1.165, 1.54) is 24.8 Å². The summed E-state index contributed by atoms with van der Waals surface area (Å²) in [5.74, 6) is 1.24. The van der Waals surface area contributed by atoms with Gasteiger partial charge in [-0.15, -0.1) is 0 Å². The van der Waals surface area contributed by atoms with Crippen LogP contribution in [0.1, 0.15) is 66.2 Å². The van der Waals surface area contributed by atoms with Crippen LogP contribution in [0, 0.1) is 34.5 Å². The maximum atomic E-state index is 10.6. The number of ether oxygens (including phenoxy) is 2. The van der Waals surface area contributed by atoms with E-state index >= 15 is 0 Å². The molecule has 4 nitrogen and oxygen atoms in total. The molecule has 10 atom stereocenters. The molecular formula is C23H36O4. The highest BCUT2D eigenvalue weighted by Crippen LogP contribution is 2.69. The summed E-state index contributed by atoms with van der Waals surface area (Å²) in [7, 11) is 0. The van der Waals surface area contributed by atoms with Crippen molar-refractivity contribution in [3.63, 3.8) is 0 Å². The Kier molecular flexibility index (Phi) is 3.85. The minimum atomic E-state index is -0.646. The molecule has 0 radical (unpaired) electrons. The highest BCUT2D eigenvalue weighted by atomic mass is 16.8. The standard InChI is InChI=1S/C23H36O4/c1-12-6-7-13-18-14(8-9-22(12,13)4)23(5)11-17(25)16(24)10-15(23)19-20(18)27-21(2,3)26-19/h13-20,24-25H,1,6-11H2,2-5H3/t13?,14?,15?,16-,17+,18?,19+,20+,22?,23+/m0/s1. The maximum absolute atomic E-state index is 10.6. The van der Waals surface area contributed by atoms with Crippen molar-refractivity contribution in [2.75, 3.05) is 0 Å². The molecule has 1 aliphatic heterocycles. The van der Waals surface area contributed by atoms with E-state index in [0.29, 0.717) is 30.6 Å². The van der Waals surface area contributed by atoms with Crippen LogP contribution in [0.25, 0.3) is 0 Å². The lowest BCUT2D eigenvalue weighted by Gasteiger charge is -2.63. The molecule has 5 unspecified atom stereocenters. The second-order valence-electron chi connectivity index (χ2n) is 11.1. The predicted octanol–water partition coefficient (Wildman–Crippen LogP) is 3.66. The van der Waals surface area contributed by atoms with Crippen LogP contribution in [0.2, 0.25) is 0 Å². The van der Waals surface area contributed by atoms with Gasteiger partial charge in [0.15, 0.2) is 5.79 Å². The number of fused-ring (bicyclic) bond motifs is 8. The summed E-state index contributed by atoms with van der Waals surface area (Å²) in [4.78, 5) is 0. The molecule has 5 fully saturated rings. The van der Waals surface area contributed by atoms with Crippen molar-refractivity contribution in [3.05, 3.63) is 12.2 Å². The molecule has 4 heteroatoms. The Hall–Kier alpha value is -0.420. The van der Waals surface area contributed by atoms with Gasteiger partial charge in [-0.3, -0.25) is 0 Å².